The molecular weight excluding hydrogens is 716 g/mol. The minimum absolute atomic E-state index is 0. The third-order valence-corrected chi connectivity index (χ3v) is 7.91. The van der Waals surface area contributed by atoms with Crippen LogP contribution in [-0.2, 0) is 41.7 Å². The predicted molar refractivity (Wildman–Crippen MR) is 200 cm³/mol. The summed E-state index contributed by atoms with van der Waals surface area (Å²) < 4.78 is 11.0. The normalized spacial score (nSPS) is 12.6. The Balaban J connectivity index is 0.0000146. The average molecular weight is 772 g/mol. The largest absolute Gasteiger partial charge is 1.00 e. The number of unbranched alkanes of at least 4 members (excludes halogenated alkanes) is 1. The van der Waals surface area contributed by atoms with E-state index in [1.807, 2.05) is 30.3 Å². The molecule has 0 radical (unpaired) electrons. The van der Waals surface area contributed by atoms with Gasteiger partial charge in [-0.25, -0.2) is 4.79 Å². The van der Waals surface area contributed by atoms with E-state index in [1.54, 1.807) is 30.3 Å². The van der Waals surface area contributed by atoms with Crippen molar-refractivity contribution in [2.45, 2.75) is 82.6 Å². The number of amides is 4. The van der Waals surface area contributed by atoms with Gasteiger partial charge in [-0.05, 0) is 61.8 Å². The van der Waals surface area contributed by atoms with Crippen LogP contribution in [0.15, 0.2) is 79.9 Å². The van der Waals surface area contributed by atoms with Crippen LogP contribution in [0.25, 0.3) is 0 Å². The molecule has 0 unspecified atom stereocenters. The van der Waals surface area contributed by atoms with Gasteiger partial charge in [0.25, 0.3) is 0 Å². The van der Waals surface area contributed by atoms with E-state index in [1.165, 1.54) is 13.0 Å². The molecule has 0 fully saturated rings. The number of esters is 1. The molecule has 0 aliphatic heterocycles. The Bertz CT molecular complexity index is 1520. The van der Waals surface area contributed by atoms with Crippen molar-refractivity contribution in [3.05, 3.63) is 91.0 Å². The lowest BCUT2D eigenvalue weighted by molar-refractivity contribution is -0.459. The molecule has 2 rings (SSSR count). The zero-order valence-electron chi connectivity index (χ0n) is 31.0. The molecule has 0 spiro atoms. The number of carbonyl (C=O) groups is 5. The van der Waals surface area contributed by atoms with Crippen LogP contribution in [0.2, 0.25) is 0 Å². The van der Waals surface area contributed by atoms with Gasteiger partial charge in [-0.2, -0.15) is 0 Å². The van der Waals surface area contributed by atoms with Gasteiger partial charge in [-0.15, -0.1) is 6.58 Å². The molecular formula is C38H56ClN8O7+. The van der Waals surface area contributed by atoms with Crippen LogP contribution in [0, 0.1) is 0 Å². The molecule has 2 aromatic carbocycles. The smallest absolute Gasteiger partial charge is 0.338 e. The molecule has 16 heteroatoms. The van der Waals surface area contributed by atoms with Gasteiger partial charge in [-0.3, -0.25) is 35.6 Å². The van der Waals surface area contributed by atoms with Gasteiger partial charge >= 0.3 is 11.9 Å². The van der Waals surface area contributed by atoms with E-state index < -0.39 is 53.8 Å². The number of nitrogens with two attached hydrogens (primary N) is 2. The quantitative estimate of drug-likeness (QED) is 0.0160. The molecule has 4 atom stereocenters. The number of carbonyl (C=O) groups excluding carboxylic acids is 5. The summed E-state index contributed by atoms with van der Waals surface area (Å²) in [6.07, 6.45) is 5.33. The SMILES string of the molecule is C=CCOc1ccc(C[C@H](NC(C)=O)C(=O)N[C@H](CCCC[NH3+])C(=O)N[C@H](CCC[NH+]=C(N)N)C(=O)N[C@@H](CC=C)C(=O)OCc2ccccc2)cc1.[Cl-]. The van der Waals surface area contributed by atoms with Crippen LogP contribution in [0.3, 0.4) is 0 Å². The Hall–Kier alpha value is -5.41. The fraction of sp³-hybridized carbons (Fsp3) is 0.421. The summed E-state index contributed by atoms with van der Waals surface area (Å²) in [6, 6.07) is 11.9. The summed E-state index contributed by atoms with van der Waals surface area (Å²) >= 11 is 0. The van der Waals surface area contributed by atoms with Crippen LogP contribution >= 0.6 is 0 Å². The first-order valence-electron chi connectivity index (χ1n) is 17.7. The molecule has 0 aromatic heterocycles. The van der Waals surface area contributed by atoms with E-state index in [-0.39, 0.29) is 50.7 Å². The first-order chi connectivity index (χ1) is 25.5. The number of guanidine groups is 1. The zero-order chi connectivity index (χ0) is 39.0. The predicted octanol–water partition coefficient (Wildman–Crippen LogP) is -4.38. The molecule has 0 bridgehead atoms. The van der Waals surface area contributed by atoms with Crippen molar-refractivity contribution < 1.29 is 56.6 Å². The first kappa shape index (κ1) is 46.6. The number of benzene rings is 2. The van der Waals surface area contributed by atoms with Gasteiger partial charge in [0.1, 0.15) is 43.1 Å². The number of rotatable bonds is 25. The van der Waals surface area contributed by atoms with E-state index in [2.05, 4.69) is 45.2 Å². The zero-order valence-corrected chi connectivity index (χ0v) is 31.7. The standard InChI is InChI=1S/C38H54N8O7.ClH/c1-4-12-32(37(51)53-25-28-13-7-6-8-14-28)46-35(49)31(16-11-22-42-38(40)41)44-34(48)30(15-9-10-21-39)45-36(50)33(43-26(3)47)24-27-17-19-29(20-18-27)52-23-5-2;/h4-8,13-14,17-20,30-33H,1-2,9-12,15-16,21-25,39H2,3H3,(H,43,47)(H,44,48)(H,45,50)(H,46,49)(H4,40,41,42);1H/p+1/t30-,31-,32+,33+;/m1./s1. The second-order valence-electron chi connectivity index (χ2n) is 12.4. The van der Waals surface area contributed by atoms with Crippen molar-refractivity contribution in [2.24, 2.45) is 11.5 Å². The van der Waals surface area contributed by atoms with Gasteiger partial charge in [0.05, 0.1) is 13.1 Å². The Morgan fingerprint density at radius 3 is 1.93 bits per heavy atom. The highest BCUT2D eigenvalue weighted by Gasteiger charge is 2.31. The van der Waals surface area contributed by atoms with Crippen LogP contribution in [-0.4, -0.2) is 79.4 Å². The van der Waals surface area contributed by atoms with Crippen molar-refractivity contribution in [3.63, 3.8) is 0 Å². The Kier molecular flexibility index (Phi) is 22.8. The number of ether oxygens (including phenoxy) is 2. The fourth-order valence-electron chi connectivity index (χ4n) is 5.20. The van der Waals surface area contributed by atoms with Crippen LogP contribution in [0.1, 0.15) is 56.6 Å². The number of nitrogens with one attached hydrogen (secondary N) is 5. The minimum Gasteiger partial charge on any atom is -1.00 e. The molecule has 4 amide bonds. The molecule has 2 aromatic rings. The molecule has 12 N–H and O–H groups in total. The Morgan fingerprint density at radius 2 is 1.37 bits per heavy atom. The van der Waals surface area contributed by atoms with Gasteiger partial charge < -0.3 is 48.9 Å². The van der Waals surface area contributed by atoms with Gasteiger partial charge in [0, 0.05) is 13.3 Å². The molecule has 0 heterocycles. The van der Waals surface area contributed by atoms with Crippen molar-refractivity contribution in [1.82, 2.24) is 21.3 Å². The summed E-state index contributed by atoms with van der Waals surface area (Å²) in [6.45, 7) is 9.90. The summed E-state index contributed by atoms with van der Waals surface area (Å²) in [7, 11) is 0. The first-order valence-corrected chi connectivity index (χ1v) is 17.7. The summed E-state index contributed by atoms with van der Waals surface area (Å²) in [5.74, 6) is -2.29. The second kappa shape index (κ2) is 26.4. The second-order valence-corrected chi connectivity index (χ2v) is 12.4. The molecule has 0 aliphatic carbocycles. The van der Waals surface area contributed by atoms with Crippen LogP contribution in [0.4, 0.5) is 0 Å². The van der Waals surface area contributed by atoms with Crippen LogP contribution < -0.4 is 60.6 Å². The molecule has 0 aliphatic rings. The van der Waals surface area contributed by atoms with Crippen molar-refractivity contribution >= 4 is 35.6 Å². The van der Waals surface area contributed by atoms with E-state index in [0.717, 1.165) is 11.1 Å². The molecule has 296 valence electrons. The van der Waals surface area contributed by atoms with Crippen molar-refractivity contribution in [2.75, 3.05) is 19.7 Å². The minimum atomic E-state index is -1.11. The fourth-order valence-corrected chi connectivity index (χ4v) is 5.20. The Labute approximate surface area is 323 Å². The summed E-state index contributed by atoms with van der Waals surface area (Å²) in [4.78, 5) is 69.1. The Morgan fingerprint density at radius 1 is 0.778 bits per heavy atom. The number of quaternary nitrogens is 1. The highest BCUT2D eigenvalue weighted by molar-refractivity contribution is 5.95. The van der Waals surface area contributed by atoms with Gasteiger partial charge in [-0.1, -0.05) is 61.2 Å². The molecule has 0 saturated heterocycles. The van der Waals surface area contributed by atoms with E-state index in [0.29, 0.717) is 44.7 Å². The third kappa shape index (κ3) is 18.4. The molecule has 15 nitrogen and oxygen atoms in total. The number of hydrogen-bond acceptors (Lipinski definition) is 7. The van der Waals surface area contributed by atoms with Crippen molar-refractivity contribution in [3.8, 4) is 5.75 Å². The van der Waals surface area contributed by atoms with Crippen LogP contribution in [0.5, 0.6) is 5.75 Å². The lowest BCUT2D eigenvalue weighted by Gasteiger charge is -2.26. The maximum absolute atomic E-state index is 13.9. The maximum Gasteiger partial charge on any atom is 0.338 e. The number of halogens is 1. The van der Waals surface area contributed by atoms with E-state index in [4.69, 9.17) is 20.9 Å². The topological polar surface area (TPSA) is 246 Å². The highest BCUT2D eigenvalue weighted by Crippen LogP contribution is 2.14. The maximum atomic E-state index is 13.9. The lowest BCUT2D eigenvalue weighted by atomic mass is 10.0. The van der Waals surface area contributed by atoms with Crippen molar-refractivity contribution in [1.29, 1.82) is 0 Å². The van der Waals surface area contributed by atoms with Gasteiger partial charge in [0.15, 0.2) is 0 Å². The van der Waals surface area contributed by atoms with E-state index in [9.17, 15) is 24.0 Å². The summed E-state index contributed by atoms with van der Waals surface area (Å²) in [5, 5.41) is 10.9. The van der Waals surface area contributed by atoms with Gasteiger partial charge in [0.2, 0.25) is 23.6 Å². The molecule has 0 saturated carbocycles. The highest BCUT2D eigenvalue weighted by atomic mass is 35.5. The lowest BCUT2D eigenvalue weighted by Crippen LogP contribution is -3.00. The number of hydrogen-bond donors (Lipinski definition) is 8. The molecule has 54 heavy (non-hydrogen) atoms. The average Bonchev–Trinajstić information content (AvgIpc) is 3.13. The monoisotopic (exact) mass is 771 g/mol. The third-order valence-electron chi connectivity index (χ3n) is 7.91. The van der Waals surface area contributed by atoms with E-state index >= 15 is 0 Å². The summed E-state index contributed by atoms with van der Waals surface area (Å²) in [5.41, 5.74) is 16.4.